The van der Waals surface area contributed by atoms with E-state index in [2.05, 4.69) is 0 Å². The number of benzene rings is 3. The molecule has 1 aliphatic rings. The first-order valence-corrected chi connectivity index (χ1v) is 12.6. The lowest BCUT2D eigenvalue weighted by Crippen LogP contribution is -2.59. The van der Waals surface area contributed by atoms with Gasteiger partial charge in [0.1, 0.15) is 5.82 Å². The van der Waals surface area contributed by atoms with Crippen molar-refractivity contribution < 1.29 is 42.4 Å². The molecule has 9 nitrogen and oxygen atoms in total. The number of halogens is 1. The maximum atomic E-state index is 13.8. The molecular weight excluding hydrogens is 521 g/mol. The van der Waals surface area contributed by atoms with Crippen molar-refractivity contribution in [1.82, 2.24) is 4.90 Å². The molecular formula is C30H32FNO8. The maximum Gasteiger partial charge on any atom is 0.254 e. The molecule has 1 heterocycles. The van der Waals surface area contributed by atoms with Gasteiger partial charge in [-0.2, -0.15) is 0 Å². The molecule has 0 radical (unpaired) electrons. The highest BCUT2D eigenvalue weighted by Crippen LogP contribution is 2.40. The Kier molecular flexibility index (Phi) is 9.11. The summed E-state index contributed by atoms with van der Waals surface area (Å²) in [5, 5.41) is 0. The molecule has 1 amide bonds. The van der Waals surface area contributed by atoms with Crippen LogP contribution in [-0.2, 0) is 9.53 Å². The van der Waals surface area contributed by atoms with Crippen molar-refractivity contribution in [3.63, 3.8) is 0 Å². The first kappa shape index (κ1) is 28.7. The minimum Gasteiger partial charge on any atom is -0.493 e. The highest BCUT2D eigenvalue weighted by molar-refractivity contribution is 6.10. The van der Waals surface area contributed by atoms with Crippen molar-refractivity contribution >= 4 is 11.7 Å². The lowest BCUT2D eigenvalue weighted by atomic mass is 9.90. The number of hydrogen-bond acceptors (Lipinski definition) is 8. The summed E-state index contributed by atoms with van der Waals surface area (Å²) in [6.45, 7) is 0.627. The molecule has 4 rings (SSSR count). The third kappa shape index (κ3) is 5.67. The van der Waals surface area contributed by atoms with Gasteiger partial charge in [-0.1, -0.05) is 12.1 Å². The summed E-state index contributed by atoms with van der Waals surface area (Å²) in [4.78, 5) is 27.6. The number of methoxy groups -OCH3 is 5. The zero-order valence-electron chi connectivity index (χ0n) is 23.1. The van der Waals surface area contributed by atoms with Gasteiger partial charge in [-0.25, -0.2) is 4.39 Å². The average molecular weight is 554 g/mol. The summed E-state index contributed by atoms with van der Waals surface area (Å²) in [5.74, 6) is 1.14. The minimum atomic E-state index is -0.652. The number of nitrogens with zero attached hydrogens (tertiary/aromatic N) is 1. The number of carbonyl (C=O) groups is 2. The Morgan fingerprint density at radius 1 is 0.825 bits per heavy atom. The Hall–Kier alpha value is -4.31. The fourth-order valence-electron chi connectivity index (χ4n) is 4.77. The minimum absolute atomic E-state index is 0.160. The van der Waals surface area contributed by atoms with Crippen LogP contribution in [0.2, 0.25) is 0 Å². The summed E-state index contributed by atoms with van der Waals surface area (Å²) in [6, 6.07) is 13.9. The van der Waals surface area contributed by atoms with Gasteiger partial charge < -0.3 is 33.3 Å². The Labute approximate surface area is 232 Å². The molecule has 0 bridgehead atoms. The number of amides is 1. The standard InChI is InChI=1S/C30H32FNO8/c1-35-22-11-10-19(27(33)20-16-24(36-2)28(38-4)25(17-20)37-3)15-23(22)40-13-7-12-32-26(29(39-5)30(32)34)18-8-6-9-21(31)14-18/h6,8-11,14-17,26,29H,7,12-13H2,1-5H3/t26-,29+/m0/s1. The van der Waals surface area contributed by atoms with Gasteiger partial charge in [-0.15, -0.1) is 0 Å². The number of β-lactam (4-membered cyclic amide) rings is 1. The van der Waals surface area contributed by atoms with Crippen LogP contribution in [0.3, 0.4) is 0 Å². The van der Waals surface area contributed by atoms with Crippen molar-refractivity contribution in [3.05, 3.63) is 77.1 Å². The molecule has 1 saturated heterocycles. The molecule has 0 aliphatic carbocycles. The van der Waals surface area contributed by atoms with Crippen molar-refractivity contribution in [2.24, 2.45) is 0 Å². The molecule has 0 N–H and O–H groups in total. The van der Waals surface area contributed by atoms with Crippen LogP contribution >= 0.6 is 0 Å². The van der Waals surface area contributed by atoms with E-state index in [0.29, 0.717) is 58.4 Å². The fourth-order valence-corrected chi connectivity index (χ4v) is 4.77. The lowest BCUT2D eigenvalue weighted by Gasteiger charge is -2.46. The Bertz CT molecular complexity index is 1350. The number of hydrogen-bond donors (Lipinski definition) is 0. The molecule has 0 spiro atoms. The first-order chi connectivity index (χ1) is 19.4. The summed E-state index contributed by atoms with van der Waals surface area (Å²) < 4.78 is 46.6. The van der Waals surface area contributed by atoms with E-state index < -0.39 is 6.10 Å². The van der Waals surface area contributed by atoms with Crippen LogP contribution in [0.1, 0.15) is 33.9 Å². The average Bonchev–Trinajstić information content (AvgIpc) is 2.98. The maximum absolute atomic E-state index is 13.8. The van der Waals surface area contributed by atoms with E-state index in [1.54, 1.807) is 47.4 Å². The third-order valence-electron chi connectivity index (χ3n) is 6.75. The normalized spacial score (nSPS) is 16.2. The van der Waals surface area contributed by atoms with Gasteiger partial charge in [-0.3, -0.25) is 9.59 Å². The quantitative estimate of drug-likeness (QED) is 0.174. The highest BCUT2D eigenvalue weighted by atomic mass is 19.1. The van der Waals surface area contributed by atoms with E-state index in [4.69, 9.17) is 28.4 Å². The van der Waals surface area contributed by atoms with Crippen LogP contribution in [0.25, 0.3) is 0 Å². The molecule has 3 aromatic rings. The predicted octanol–water partition coefficient (Wildman–Crippen LogP) is 4.46. The summed E-state index contributed by atoms with van der Waals surface area (Å²) in [5.41, 5.74) is 1.39. The van der Waals surface area contributed by atoms with Crippen molar-refractivity contribution in [2.75, 3.05) is 48.7 Å². The van der Waals surface area contributed by atoms with E-state index in [0.717, 1.165) is 0 Å². The number of carbonyl (C=O) groups excluding carboxylic acids is 2. The predicted molar refractivity (Wildman–Crippen MR) is 144 cm³/mol. The van der Waals surface area contributed by atoms with Gasteiger partial charge >= 0.3 is 0 Å². The second-order valence-corrected chi connectivity index (χ2v) is 9.00. The zero-order chi connectivity index (χ0) is 28.8. The number of ketones is 1. The molecule has 10 heteroatoms. The van der Waals surface area contributed by atoms with E-state index in [1.165, 1.54) is 47.7 Å². The topological polar surface area (TPSA) is 92.8 Å². The van der Waals surface area contributed by atoms with E-state index in [-0.39, 0.29) is 30.2 Å². The second kappa shape index (κ2) is 12.7. The fraction of sp³-hybridized carbons (Fsp3) is 0.333. The molecule has 3 aromatic carbocycles. The summed E-state index contributed by atoms with van der Waals surface area (Å²) in [7, 11) is 7.43. The molecule has 212 valence electrons. The van der Waals surface area contributed by atoms with Gasteiger partial charge in [0.25, 0.3) is 5.91 Å². The molecule has 0 unspecified atom stereocenters. The van der Waals surface area contributed by atoms with Crippen molar-refractivity contribution in [2.45, 2.75) is 18.6 Å². The van der Waals surface area contributed by atoms with E-state index in [1.807, 2.05) is 0 Å². The number of likely N-dealkylation sites (tertiary alicyclic amines) is 1. The molecule has 40 heavy (non-hydrogen) atoms. The van der Waals surface area contributed by atoms with Crippen LogP contribution < -0.4 is 23.7 Å². The van der Waals surface area contributed by atoms with Crippen LogP contribution in [0, 0.1) is 5.82 Å². The Morgan fingerprint density at radius 2 is 1.50 bits per heavy atom. The largest absolute Gasteiger partial charge is 0.493 e. The van der Waals surface area contributed by atoms with Gasteiger partial charge in [0, 0.05) is 24.8 Å². The van der Waals surface area contributed by atoms with Crippen molar-refractivity contribution in [3.8, 4) is 28.7 Å². The molecule has 1 fully saturated rings. The number of ether oxygens (including phenoxy) is 6. The van der Waals surface area contributed by atoms with Crippen LogP contribution in [0.15, 0.2) is 54.6 Å². The van der Waals surface area contributed by atoms with Gasteiger partial charge in [0.15, 0.2) is 34.9 Å². The molecule has 0 aromatic heterocycles. The van der Waals surface area contributed by atoms with Gasteiger partial charge in [-0.05, 0) is 54.4 Å². The van der Waals surface area contributed by atoms with Crippen LogP contribution in [-0.4, -0.2) is 71.4 Å². The first-order valence-electron chi connectivity index (χ1n) is 12.6. The highest BCUT2D eigenvalue weighted by Gasteiger charge is 2.48. The van der Waals surface area contributed by atoms with Crippen LogP contribution in [0.5, 0.6) is 28.7 Å². The second-order valence-electron chi connectivity index (χ2n) is 9.00. The smallest absolute Gasteiger partial charge is 0.254 e. The molecule has 2 atom stereocenters. The third-order valence-corrected chi connectivity index (χ3v) is 6.75. The van der Waals surface area contributed by atoms with Crippen LogP contribution in [0.4, 0.5) is 4.39 Å². The van der Waals surface area contributed by atoms with Gasteiger partial charge in [0.05, 0.1) is 41.1 Å². The SMILES string of the molecule is COc1ccc(C(=O)c2cc(OC)c(OC)c(OC)c2)cc1OCCCN1C(=O)[C@H](OC)[C@@H]1c1cccc(F)c1. The zero-order valence-corrected chi connectivity index (χ0v) is 23.1. The summed E-state index contributed by atoms with van der Waals surface area (Å²) in [6.07, 6.45) is -0.164. The van der Waals surface area contributed by atoms with Gasteiger partial charge in [0.2, 0.25) is 5.75 Å². The Morgan fingerprint density at radius 3 is 2.10 bits per heavy atom. The molecule has 0 saturated carbocycles. The Balaban J connectivity index is 1.46. The van der Waals surface area contributed by atoms with E-state index in [9.17, 15) is 14.0 Å². The molecule has 1 aliphatic heterocycles. The number of rotatable bonds is 13. The monoisotopic (exact) mass is 553 g/mol. The lowest BCUT2D eigenvalue weighted by molar-refractivity contribution is -0.171. The van der Waals surface area contributed by atoms with Crippen molar-refractivity contribution in [1.29, 1.82) is 0 Å². The summed E-state index contributed by atoms with van der Waals surface area (Å²) >= 11 is 0. The van der Waals surface area contributed by atoms with E-state index >= 15 is 0 Å².